The molecule has 0 bridgehead atoms. The number of rotatable bonds is 11. The van der Waals surface area contributed by atoms with Crippen LogP contribution in [0.25, 0.3) is 11.8 Å². The number of aromatic nitrogens is 1. The van der Waals surface area contributed by atoms with Crippen molar-refractivity contribution >= 4 is 34.8 Å². The first-order chi connectivity index (χ1) is 23.8. The molecule has 2 heterocycles. The van der Waals surface area contributed by atoms with Crippen LogP contribution in [-0.2, 0) is 16.1 Å². The Morgan fingerprint density at radius 2 is 1.69 bits per heavy atom. The molecule has 4 aromatic carbocycles. The van der Waals surface area contributed by atoms with Gasteiger partial charge in [-0.05, 0) is 73.0 Å². The van der Waals surface area contributed by atoms with Crippen LogP contribution in [0, 0.1) is 15.9 Å². The summed E-state index contributed by atoms with van der Waals surface area (Å²) in [4.78, 5) is 43.5. The molecule has 10 nitrogen and oxygen atoms in total. The van der Waals surface area contributed by atoms with Crippen LogP contribution in [0.3, 0.4) is 0 Å². The minimum atomic E-state index is -0.928. The fourth-order valence-electron chi connectivity index (χ4n) is 5.43. The zero-order chi connectivity index (χ0) is 34.5. The number of nitrogens with zero attached hydrogens (tertiary/aromatic N) is 3. The van der Waals surface area contributed by atoms with Crippen LogP contribution in [0.15, 0.2) is 112 Å². The number of carbonyl (C=O) groups excluding carboxylic acids is 1. The van der Waals surface area contributed by atoms with Crippen molar-refractivity contribution in [3.63, 3.8) is 0 Å². The fraction of sp³-hybridized carbons (Fsp3) is 0.162. The second-order valence-electron chi connectivity index (χ2n) is 10.8. The topological polar surface area (TPSA) is 122 Å². The minimum Gasteiger partial charge on any atom is -0.490 e. The van der Waals surface area contributed by atoms with E-state index in [9.17, 15) is 24.1 Å². The quantitative estimate of drug-likeness (QED) is 0.0959. The monoisotopic (exact) mass is 679 g/mol. The highest BCUT2D eigenvalue weighted by atomic mass is 32.1. The Balaban J connectivity index is 1.43. The predicted octanol–water partition coefficient (Wildman–Crippen LogP) is 5.96. The van der Waals surface area contributed by atoms with E-state index in [1.807, 2.05) is 37.3 Å². The van der Waals surface area contributed by atoms with E-state index < -0.39 is 22.8 Å². The van der Waals surface area contributed by atoms with Crippen LogP contribution in [0.2, 0.25) is 0 Å². The number of benzene rings is 4. The van der Waals surface area contributed by atoms with Crippen LogP contribution in [0.5, 0.6) is 11.5 Å². The standard InChI is InChI=1S/C37H30FN3O7S/c1-3-46-30-20-24(12-19-29(30)48-22-23-10-17-28(18-11-23)41(44)45)21-31-35(42)40-34(26-13-15-27(38)16-14-26)32(36(43)47-4-2)33(39-37(40)49-31)25-8-6-5-7-9-25/h5-21,34H,3-4,22H2,1-2H3. The number of ether oxygens (including phenoxy) is 3. The van der Waals surface area contributed by atoms with Crippen LogP contribution < -0.4 is 24.4 Å². The van der Waals surface area contributed by atoms with E-state index in [0.717, 1.165) is 5.56 Å². The van der Waals surface area contributed by atoms with Gasteiger partial charge < -0.3 is 14.2 Å². The van der Waals surface area contributed by atoms with Gasteiger partial charge in [0, 0.05) is 17.7 Å². The molecule has 0 aliphatic carbocycles. The zero-order valence-corrected chi connectivity index (χ0v) is 27.3. The average Bonchev–Trinajstić information content (AvgIpc) is 3.42. The van der Waals surface area contributed by atoms with Crippen molar-refractivity contribution in [1.82, 2.24) is 4.57 Å². The number of non-ortho nitro benzene ring substituents is 1. The minimum absolute atomic E-state index is 0.00854. The molecule has 49 heavy (non-hydrogen) atoms. The third-order valence-electron chi connectivity index (χ3n) is 7.67. The Hall–Kier alpha value is -5.88. The normalized spacial score (nSPS) is 14.2. The molecule has 12 heteroatoms. The molecule has 1 aromatic heterocycles. The van der Waals surface area contributed by atoms with Gasteiger partial charge in [0.05, 0.1) is 40.0 Å². The van der Waals surface area contributed by atoms with Crippen molar-refractivity contribution in [1.29, 1.82) is 0 Å². The molecule has 0 saturated heterocycles. The molecule has 6 rings (SSSR count). The summed E-state index contributed by atoms with van der Waals surface area (Å²) in [7, 11) is 0. The summed E-state index contributed by atoms with van der Waals surface area (Å²) in [6, 6.07) is 25.3. The van der Waals surface area contributed by atoms with Gasteiger partial charge in [-0.2, -0.15) is 0 Å². The maximum atomic E-state index is 14.2. The molecule has 0 amide bonds. The number of nitro benzene ring substituents is 1. The van der Waals surface area contributed by atoms with E-state index in [4.69, 9.17) is 19.2 Å². The number of hydrogen-bond donors (Lipinski definition) is 0. The number of carbonyl (C=O) groups is 1. The number of thiazole rings is 1. The highest BCUT2D eigenvalue weighted by molar-refractivity contribution is 7.07. The van der Waals surface area contributed by atoms with Gasteiger partial charge in [-0.25, -0.2) is 14.2 Å². The van der Waals surface area contributed by atoms with Gasteiger partial charge in [0.2, 0.25) is 0 Å². The molecule has 1 aliphatic rings. The Labute approximate surface area is 283 Å². The largest absolute Gasteiger partial charge is 0.490 e. The Kier molecular flexibility index (Phi) is 9.77. The first-order valence-corrected chi connectivity index (χ1v) is 16.3. The number of halogens is 1. The smallest absolute Gasteiger partial charge is 0.338 e. The first kappa shape index (κ1) is 33.0. The van der Waals surface area contributed by atoms with Gasteiger partial charge in [-0.1, -0.05) is 59.9 Å². The van der Waals surface area contributed by atoms with E-state index in [1.54, 1.807) is 55.5 Å². The van der Waals surface area contributed by atoms with Crippen molar-refractivity contribution in [3.05, 3.63) is 161 Å². The molecule has 1 aliphatic heterocycles. The summed E-state index contributed by atoms with van der Waals surface area (Å²) < 4.78 is 33.2. The van der Waals surface area contributed by atoms with Gasteiger partial charge in [-0.15, -0.1) is 0 Å². The van der Waals surface area contributed by atoms with Crippen molar-refractivity contribution < 1.29 is 28.3 Å². The molecular formula is C37H30FN3O7S. The second kappa shape index (κ2) is 14.5. The summed E-state index contributed by atoms with van der Waals surface area (Å²) in [5.41, 5.74) is 2.73. The lowest BCUT2D eigenvalue weighted by atomic mass is 9.93. The zero-order valence-electron chi connectivity index (χ0n) is 26.5. The van der Waals surface area contributed by atoms with Gasteiger partial charge in [-0.3, -0.25) is 19.5 Å². The summed E-state index contributed by atoms with van der Waals surface area (Å²) >= 11 is 1.17. The summed E-state index contributed by atoms with van der Waals surface area (Å²) in [5.74, 6) is -0.168. The lowest BCUT2D eigenvalue weighted by molar-refractivity contribution is -0.384. The van der Waals surface area contributed by atoms with Crippen molar-refractivity contribution in [2.45, 2.75) is 26.5 Å². The van der Waals surface area contributed by atoms with Gasteiger partial charge >= 0.3 is 5.97 Å². The van der Waals surface area contributed by atoms with Gasteiger partial charge in [0.15, 0.2) is 16.3 Å². The van der Waals surface area contributed by atoms with Gasteiger partial charge in [0.25, 0.3) is 11.2 Å². The molecule has 1 unspecified atom stereocenters. The Bertz CT molecular complexity index is 2230. The van der Waals surface area contributed by atoms with Crippen LogP contribution in [-0.4, -0.2) is 28.7 Å². The highest BCUT2D eigenvalue weighted by Gasteiger charge is 2.35. The van der Waals surface area contributed by atoms with Crippen molar-refractivity contribution in [3.8, 4) is 11.5 Å². The van der Waals surface area contributed by atoms with E-state index >= 15 is 0 Å². The maximum absolute atomic E-state index is 14.2. The summed E-state index contributed by atoms with van der Waals surface area (Å²) in [6.07, 6.45) is 1.71. The van der Waals surface area contributed by atoms with E-state index in [0.29, 0.717) is 49.8 Å². The highest BCUT2D eigenvalue weighted by Crippen LogP contribution is 2.35. The van der Waals surface area contributed by atoms with E-state index in [-0.39, 0.29) is 30.0 Å². The van der Waals surface area contributed by atoms with E-state index in [2.05, 4.69) is 0 Å². The average molecular weight is 680 g/mol. The van der Waals surface area contributed by atoms with Crippen molar-refractivity contribution in [2.24, 2.45) is 4.99 Å². The SMILES string of the molecule is CCOC(=O)C1=C(c2ccccc2)N=c2sc(=Cc3ccc(OCc4ccc([N+](=O)[O-])cc4)c(OCC)c3)c(=O)n2C1c1ccc(F)cc1. The molecule has 0 spiro atoms. The molecule has 1 atom stereocenters. The number of fused-ring (bicyclic) bond motifs is 1. The molecule has 0 saturated carbocycles. The number of hydrogen-bond acceptors (Lipinski definition) is 9. The van der Waals surface area contributed by atoms with E-state index in [1.165, 1.54) is 40.2 Å². The van der Waals surface area contributed by atoms with Crippen molar-refractivity contribution in [2.75, 3.05) is 13.2 Å². The van der Waals surface area contributed by atoms with Gasteiger partial charge in [0.1, 0.15) is 12.4 Å². The van der Waals surface area contributed by atoms with Crippen LogP contribution in [0.1, 0.15) is 42.1 Å². The number of esters is 1. The first-order valence-electron chi connectivity index (χ1n) is 15.4. The Morgan fingerprint density at radius 3 is 2.37 bits per heavy atom. The lowest BCUT2D eigenvalue weighted by Crippen LogP contribution is -2.40. The van der Waals surface area contributed by atoms with Crippen LogP contribution in [0.4, 0.5) is 10.1 Å². The summed E-state index contributed by atoms with van der Waals surface area (Å²) in [6.45, 7) is 4.17. The molecule has 0 N–H and O–H groups in total. The molecule has 5 aromatic rings. The summed E-state index contributed by atoms with van der Waals surface area (Å²) in [5, 5.41) is 11.0. The van der Waals surface area contributed by atoms with Crippen LogP contribution >= 0.6 is 11.3 Å². The number of nitro groups is 1. The predicted molar refractivity (Wildman–Crippen MR) is 183 cm³/mol. The molecule has 0 radical (unpaired) electrons. The molecular weight excluding hydrogens is 649 g/mol. The second-order valence-corrected chi connectivity index (χ2v) is 11.8. The molecule has 248 valence electrons. The fourth-order valence-corrected chi connectivity index (χ4v) is 6.43. The third-order valence-corrected chi connectivity index (χ3v) is 8.65. The lowest BCUT2D eigenvalue weighted by Gasteiger charge is -2.25. The Morgan fingerprint density at radius 1 is 0.959 bits per heavy atom. The maximum Gasteiger partial charge on any atom is 0.338 e. The molecule has 0 fully saturated rings. The third kappa shape index (κ3) is 7.04.